The van der Waals surface area contributed by atoms with Crippen LogP contribution in [0, 0.1) is 0 Å². The van der Waals surface area contributed by atoms with Crippen molar-refractivity contribution >= 4 is 28.1 Å². The molecule has 0 spiro atoms. The van der Waals surface area contributed by atoms with Gasteiger partial charge in [-0.2, -0.15) is 22.2 Å². The van der Waals surface area contributed by atoms with Crippen molar-refractivity contribution in [1.29, 1.82) is 0 Å². The highest BCUT2D eigenvalue weighted by atomic mass is 32.2. The highest BCUT2D eigenvalue weighted by Gasteiger charge is 1.98. The summed E-state index contributed by atoms with van der Waals surface area (Å²) in [7, 11) is 0.522. The monoisotopic (exact) mass is 217 g/mol. The van der Waals surface area contributed by atoms with Crippen LogP contribution in [0.1, 0.15) is 12.8 Å². The van der Waals surface area contributed by atoms with Crippen molar-refractivity contribution in [2.45, 2.75) is 12.8 Å². The number of nitrogens with one attached hydrogen (secondary N) is 1. The summed E-state index contributed by atoms with van der Waals surface area (Å²) in [5.74, 6) is 9.55. The average Bonchev–Trinajstić information content (AvgIpc) is 2.62. The van der Waals surface area contributed by atoms with Crippen molar-refractivity contribution in [3.8, 4) is 0 Å². The molecule has 1 saturated heterocycles. The molecule has 0 bridgehead atoms. The third-order valence-corrected chi connectivity index (χ3v) is 4.91. The summed E-state index contributed by atoms with van der Waals surface area (Å²) in [5.41, 5.74) is 0. The molecule has 1 nitrogen and oxygen atoms in total. The Labute approximate surface area is 88.3 Å². The zero-order chi connectivity index (χ0) is 9.36. The van der Waals surface area contributed by atoms with E-state index in [9.17, 15) is 0 Å². The van der Waals surface area contributed by atoms with E-state index in [0.717, 1.165) is 6.54 Å². The third kappa shape index (κ3) is 6.22. The maximum atomic E-state index is 4.07. The molecule has 76 valence electrons. The Morgan fingerprint density at radius 3 is 2.85 bits per heavy atom. The average molecular weight is 217 g/mol. The van der Waals surface area contributed by atoms with Crippen LogP contribution in [0.15, 0.2) is 12.3 Å². The van der Waals surface area contributed by atoms with E-state index in [-0.39, 0.29) is 0 Å². The fourth-order valence-electron chi connectivity index (χ4n) is 1.16. The zero-order valence-electron chi connectivity index (χ0n) is 8.13. The van der Waals surface area contributed by atoms with Crippen LogP contribution >= 0.6 is 22.2 Å². The Kier molecular flexibility index (Phi) is 6.46. The van der Waals surface area contributed by atoms with Gasteiger partial charge >= 0.3 is 0 Å². The Hall–Kier alpha value is 0.110. The van der Waals surface area contributed by atoms with E-state index in [1.54, 1.807) is 0 Å². The van der Waals surface area contributed by atoms with E-state index in [0.29, 0.717) is 10.5 Å². The van der Waals surface area contributed by atoms with Gasteiger partial charge in [-0.1, -0.05) is 11.9 Å². The van der Waals surface area contributed by atoms with Crippen molar-refractivity contribution in [3.63, 3.8) is 0 Å². The SMILES string of the molecule is C1=CNCC1.C=S1CCCSCC1. The molecule has 2 aliphatic heterocycles. The summed E-state index contributed by atoms with van der Waals surface area (Å²) < 4.78 is 0. The Balaban J connectivity index is 0.000000145. The minimum atomic E-state index is 0.522. The molecule has 13 heavy (non-hydrogen) atoms. The predicted molar refractivity (Wildman–Crippen MR) is 68.1 cm³/mol. The molecule has 2 aliphatic rings. The second-order valence-electron chi connectivity index (χ2n) is 3.13. The van der Waals surface area contributed by atoms with Crippen molar-refractivity contribution in [2.24, 2.45) is 0 Å². The molecule has 0 aliphatic carbocycles. The van der Waals surface area contributed by atoms with Crippen molar-refractivity contribution < 1.29 is 0 Å². The van der Waals surface area contributed by atoms with Gasteiger partial charge in [0.15, 0.2) is 0 Å². The highest BCUT2D eigenvalue weighted by molar-refractivity contribution is 8.15. The van der Waals surface area contributed by atoms with E-state index in [2.05, 4.69) is 29.0 Å². The van der Waals surface area contributed by atoms with Gasteiger partial charge in [0, 0.05) is 12.3 Å². The van der Waals surface area contributed by atoms with Crippen LogP contribution in [-0.2, 0) is 0 Å². The first-order chi connectivity index (χ1) is 6.39. The summed E-state index contributed by atoms with van der Waals surface area (Å²) >= 11 is 2.09. The molecule has 3 heteroatoms. The van der Waals surface area contributed by atoms with Crippen molar-refractivity contribution in [2.75, 3.05) is 29.6 Å². The second kappa shape index (κ2) is 7.51. The maximum Gasteiger partial charge on any atom is 0.0176 e. The van der Waals surface area contributed by atoms with Crippen molar-refractivity contribution in [3.05, 3.63) is 12.3 Å². The predicted octanol–water partition coefficient (Wildman–Crippen LogP) is 2.32. The minimum absolute atomic E-state index is 0.522. The number of hydrogen-bond donors (Lipinski definition) is 1. The molecule has 2 rings (SSSR count). The number of thioether (sulfide) groups is 1. The lowest BCUT2D eigenvalue weighted by atomic mass is 10.5. The summed E-state index contributed by atoms with van der Waals surface area (Å²) in [6.45, 7) is 1.14. The van der Waals surface area contributed by atoms with Crippen LogP contribution in [0.4, 0.5) is 0 Å². The first-order valence-electron chi connectivity index (χ1n) is 4.83. The lowest BCUT2D eigenvalue weighted by Crippen LogP contribution is -1.96. The summed E-state index contributed by atoms with van der Waals surface area (Å²) in [6.07, 6.45) is 6.72. The van der Waals surface area contributed by atoms with Crippen molar-refractivity contribution in [1.82, 2.24) is 5.32 Å². The van der Waals surface area contributed by atoms with Crippen LogP contribution in [0.5, 0.6) is 0 Å². The molecule has 0 amide bonds. The van der Waals surface area contributed by atoms with Crippen LogP contribution < -0.4 is 5.32 Å². The quantitative estimate of drug-likeness (QED) is 0.625. The molecule has 0 aromatic rings. The fraction of sp³-hybridized carbons (Fsp3) is 0.700. The van der Waals surface area contributed by atoms with Gasteiger partial charge in [0.25, 0.3) is 0 Å². The standard InChI is InChI=1S/C6H12S2.C4H7N/c1-8-5-2-3-7-4-6-8;1-2-4-5-3-1/h1-6H2;1,3,5H,2,4H2. The van der Waals surface area contributed by atoms with Gasteiger partial charge in [0.1, 0.15) is 0 Å². The van der Waals surface area contributed by atoms with Gasteiger partial charge in [-0.25, -0.2) is 0 Å². The second-order valence-corrected chi connectivity index (χ2v) is 6.40. The van der Waals surface area contributed by atoms with Gasteiger partial charge in [0.2, 0.25) is 0 Å². The van der Waals surface area contributed by atoms with Crippen LogP contribution in [0.2, 0.25) is 0 Å². The molecular formula is C10H19NS2. The first kappa shape index (κ1) is 11.2. The maximum absolute atomic E-state index is 4.07. The molecule has 0 aromatic carbocycles. The Morgan fingerprint density at radius 1 is 1.31 bits per heavy atom. The van der Waals surface area contributed by atoms with Crippen LogP contribution in [0.25, 0.3) is 0 Å². The molecule has 0 aromatic heterocycles. The number of rotatable bonds is 0. The molecule has 1 fully saturated rings. The summed E-state index contributed by atoms with van der Waals surface area (Å²) in [5, 5.41) is 3.04. The zero-order valence-corrected chi connectivity index (χ0v) is 9.76. The minimum Gasteiger partial charge on any atom is -0.391 e. The molecule has 2 heterocycles. The highest BCUT2D eigenvalue weighted by Crippen LogP contribution is 2.19. The lowest BCUT2D eigenvalue weighted by molar-refractivity contribution is 0.917. The van der Waals surface area contributed by atoms with Gasteiger partial charge in [-0.15, -0.1) is 0 Å². The van der Waals surface area contributed by atoms with E-state index in [1.165, 1.54) is 35.9 Å². The molecule has 1 unspecified atom stereocenters. The van der Waals surface area contributed by atoms with Gasteiger partial charge in [0.05, 0.1) is 0 Å². The smallest absolute Gasteiger partial charge is 0.0176 e. The van der Waals surface area contributed by atoms with E-state index < -0.39 is 0 Å². The normalized spacial score (nSPS) is 26.9. The third-order valence-electron chi connectivity index (χ3n) is 1.93. The largest absolute Gasteiger partial charge is 0.391 e. The van der Waals surface area contributed by atoms with Crippen LogP contribution in [0.3, 0.4) is 0 Å². The van der Waals surface area contributed by atoms with Crippen LogP contribution in [-0.4, -0.2) is 35.4 Å². The molecule has 0 saturated carbocycles. The van der Waals surface area contributed by atoms with E-state index >= 15 is 0 Å². The summed E-state index contributed by atoms with van der Waals surface area (Å²) in [4.78, 5) is 0. The Morgan fingerprint density at radius 2 is 2.23 bits per heavy atom. The molecular weight excluding hydrogens is 198 g/mol. The van der Waals surface area contributed by atoms with Gasteiger partial charge in [-0.05, 0) is 36.3 Å². The molecule has 1 N–H and O–H groups in total. The lowest BCUT2D eigenvalue weighted by Gasteiger charge is -1.96. The topological polar surface area (TPSA) is 12.0 Å². The summed E-state index contributed by atoms with van der Waals surface area (Å²) in [6, 6.07) is 0. The molecule has 1 atom stereocenters. The van der Waals surface area contributed by atoms with E-state index in [1.807, 2.05) is 6.20 Å². The fourth-order valence-corrected chi connectivity index (χ4v) is 4.07. The molecule has 0 radical (unpaired) electrons. The number of hydrogen-bond acceptors (Lipinski definition) is 2. The van der Waals surface area contributed by atoms with Gasteiger partial charge < -0.3 is 5.32 Å². The first-order valence-corrected chi connectivity index (χ1v) is 7.71. The van der Waals surface area contributed by atoms with Gasteiger partial charge in [-0.3, -0.25) is 0 Å². The van der Waals surface area contributed by atoms with E-state index in [4.69, 9.17) is 0 Å². The Bertz CT molecular complexity index is 162.